The van der Waals surface area contributed by atoms with Crippen LogP contribution in [0.15, 0.2) is 0 Å². The molecule has 5 aliphatic heterocycles. The van der Waals surface area contributed by atoms with Gasteiger partial charge in [0.05, 0.1) is 32.5 Å². The molecule has 0 aromatic heterocycles. The van der Waals surface area contributed by atoms with Crippen LogP contribution in [0.4, 0.5) is 0 Å². The summed E-state index contributed by atoms with van der Waals surface area (Å²) in [6.45, 7) is -3.64. The fourth-order valence-electron chi connectivity index (χ4n) is 7.03. The Kier molecular flexibility index (Phi) is 16.4. The Labute approximate surface area is 322 Å². The van der Waals surface area contributed by atoms with E-state index in [4.69, 9.17) is 42.6 Å². The normalized spacial score (nSPS) is 53.2. The number of hydrogen-bond acceptors (Lipinski definition) is 26. The molecule has 5 aliphatic rings. The van der Waals surface area contributed by atoms with E-state index in [0.717, 1.165) is 0 Å². The summed E-state index contributed by atoms with van der Waals surface area (Å²) in [6, 6.07) is 0. The first-order chi connectivity index (χ1) is 26.5. The third kappa shape index (κ3) is 9.31. The van der Waals surface area contributed by atoms with Crippen LogP contribution in [0.3, 0.4) is 0 Å². The quantitative estimate of drug-likeness (QED) is 0.0765. The highest BCUT2D eigenvalue weighted by Gasteiger charge is 2.56. The molecule has 0 saturated carbocycles. The van der Waals surface area contributed by atoms with E-state index in [2.05, 4.69) is 12.6 Å². The van der Waals surface area contributed by atoms with Crippen molar-refractivity contribution in [3.8, 4) is 0 Å². The highest BCUT2D eigenvalue weighted by molar-refractivity contribution is 7.80. The molecule has 5 saturated heterocycles. The summed E-state index contributed by atoms with van der Waals surface area (Å²) in [6.07, 6.45) is -44.6. The molecule has 0 aliphatic carbocycles. The Morgan fingerprint density at radius 1 is 0.321 bits per heavy atom. The van der Waals surface area contributed by atoms with Crippen molar-refractivity contribution in [1.29, 1.82) is 0 Å². The van der Waals surface area contributed by atoms with Crippen LogP contribution in [-0.2, 0) is 42.6 Å². The zero-order valence-corrected chi connectivity index (χ0v) is 30.1. The minimum Gasteiger partial charge on any atom is -0.394 e. The van der Waals surface area contributed by atoms with Gasteiger partial charge < -0.3 is 124 Å². The van der Waals surface area contributed by atoms with E-state index in [1.807, 2.05) is 0 Å². The number of ether oxygens (including phenoxy) is 9. The standard InChI is InChI=1S/C30H52O25S/c31-1-6-22(13(37)17(41)26(46)47-6)52-28-19(43)15(39)24(8(3-33)48-28)54-30-21(45)16(40)25(9(4-34)50-30)55-29-20(44)14(38)23(7(2-32)49-29)53-27-18(42)12(36)11(35)10(5-56)51-27/h6-46,56H,1-5H2/t6-,7-,8-,9-,10-,11-,12+,13-,14-,15-,16-,17-,18-,19-,20-,21-,22-,23-,24-,25-,26?,27-,28-,29-,30-/m1/s1. The van der Waals surface area contributed by atoms with Crippen molar-refractivity contribution < 1.29 is 124 Å². The molecule has 0 radical (unpaired) electrons. The second kappa shape index (κ2) is 19.8. The van der Waals surface area contributed by atoms with E-state index in [0.29, 0.717) is 0 Å². The van der Waals surface area contributed by atoms with Crippen molar-refractivity contribution in [1.82, 2.24) is 0 Å². The second-order valence-corrected chi connectivity index (χ2v) is 14.3. The molecule has 0 amide bonds. The monoisotopic (exact) mass is 844 g/mol. The SMILES string of the molecule is OC[C@H]1O[C@H](O[C@H]2[C@H](O)[C@@H](O)[C@@H](O[C@H]3[C@H](O)[C@@H](O)[C@@H](O[C@H]4[C@H](O)[C@@H](O)C(O)O[C@@H]4CO)O[C@@H]3CO)O[C@@H]2CO)[C@H](O)[C@@H](O)[C@@H]1O[C@H]1O[C@H](CS)[C@@H](O)[C@H](O)[C@H]1O. The number of aliphatic hydroxyl groups is 16. The molecule has 1 unspecified atom stereocenters. The maximum atomic E-state index is 11.1. The number of aliphatic hydroxyl groups excluding tert-OH is 16. The Balaban J connectivity index is 1.22. The molecular weight excluding hydrogens is 792 g/mol. The molecule has 0 bridgehead atoms. The summed E-state index contributed by atoms with van der Waals surface area (Å²) in [5, 5.41) is 167. The zero-order chi connectivity index (χ0) is 41.3. The smallest absolute Gasteiger partial charge is 0.187 e. The van der Waals surface area contributed by atoms with Gasteiger partial charge in [-0.1, -0.05) is 0 Å². The predicted octanol–water partition coefficient (Wildman–Crippen LogP) is -11.0. The summed E-state index contributed by atoms with van der Waals surface area (Å²) in [7, 11) is 0. The van der Waals surface area contributed by atoms with Crippen LogP contribution in [-0.4, -0.2) is 267 Å². The largest absolute Gasteiger partial charge is 0.394 e. The summed E-state index contributed by atoms with van der Waals surface area (Å²) in [5.74, 6) is -0.116. The first-order valence-corrected chi connectivity index (χ1v) is 18.3. The lowest BCUT2D eigenvalue weighted by molar-refractivity contribution is -0.392. The molecule has 16 N–H and O–H groups in total. The topological polar surface area (TPSA) is 407 Å². The van der Waals surface area contributed by atoms with Crippen LogP contribution >= 0.6 is 12.6 Å². The van der Waals surface area contributed by atoms with E-state index < -0.39 is 180 Å². The molecule has 5 rings (SSSR count). The average molecular weight is 845 g/mol. The number of rotatable bonds is 13. The molecule has 26 heteroatoms. The van der Waals surface area contributed by atoms with Crippen LogP contribution in [0.2, 0.25) is 0 Å². The molecule has 25 nitrogen and oxygen atoms in total. The van der Waals surface area contributed by atoms with Crippen LogP contribution in [0.25, 0.3) is 0 Å². The molecule has 25 atom stereocenters. The maximum absolute atomic E-state index is 11.1. The minimum atomic E-state index is -2.10. The van der Waals surface area contributed by atoms with Gasteiger partial charge in [-0.3, -0.25) is 0 Å². The molecule has 5 heterocycles. The van der Waals surface area contributed by atoms with E-state index in [-0.39, 0.29) is 5.75 Å². The Hall–Kier alpha value is -0.650. The fourth-order valence-corrected chi connectivity index (χ4v) is 7.34. The molecule has 5 fully saturated rings. The van der Waals surface area contributed by atoms with Crippen LogP contribution in [0.5, 0.6) is 0 Å². The van der Waals surface area contributed by atoms with Crippen molar-refractivity contribution >= 4 is 12.6 Å². The highest BCUT2D eigenvalue weighted by atomic mass is 32.1. The highest BCUT2D eigenvalue weighted by Crippen LogP contribution is 2.35. The first kappa shape index (κ1) is 46.4. The van der Waals surface area contributed by atoms with Gasteiger partial charge in [-0.2, -0.15) is 12.6 Å². The molecule has 56 heavy (non-hydrogen) atoms. The van der Waals surface area contributed by atoms with E-state index >= 15 is 0 Å². The molecule has 0 aromatic rings. The van der Waals surface area contributed by atoms with Crippen molar-refractivity contribution in [3.63, 3.8) is 0 Å². The zero-order valence-electron chi connectivity index (χ0n) is 29.2. The summed E-state index contributed by atoms with van der Waals surface area (Å²) in [5.41, 5.74) is 0. The first-order valence-electron chi connectivity index (χ1n) is 17.6. The van der Waals surface area contributed by atoms with Gasteiger partial charge in [0.2, 0.25) is 0 Å². The van der Waals surface area contributed by atoms with Crippen molar-refractivity contribution in [3.05, 3.63) is 0 Å². The Morgan fingerprint density at radius 2 is 0.589 bits per heavy atom. The molecular formula is C30H52O25S. The van der Waals surface area contributed by atoms with Crippen LogP contribution < -0.4 is 0 Å². The van der Waals surface area contributed by atoms with Crippen molar-refractivity contribution in [2.24, 2.45) is 0 Å². The van der Waals surface area contributed by atoms with Gasteiger partial charge in [0.15, 0.2) is 31.5 Å². The number of thiol groups is 1. The third-order valence-electron chi connectivity index (χ3n) is 10.3. The van der Waals surface area contributed by atoms with Crippen LogP contribution in [0.1, 0.15) is 0 Å². The molecule has 0 aromatic carbocycles. The lowest BCUT2D eigenvalue weighted by Gasteiger charge is -2.49. The lowest BCUT2D eigenvalue weighted by atomic mass is 9.95. The third-order valence-corrected chi connectivity index (χ3v) is 10.7. The van der Waals surface area contributed by atoms with Gasteiger partial charge in [0, 0.05) is 5.75 Å². The van der Waals surface area contributed by atoms with Crippen LogP contribution in [0, 0.1) is 0 Å². The van der Waals surface area contributed by atoms with Gasteiger partial charge in [-0.05, 0) is 0 Å². The van der Waals surface area contributed by atoms with E-state index in [1.54, 1.807) is 0 Å². The lowest BCUT2D eigenvalue weighted by Crippen LogP contribution is -2.68. The van der Waals surface area contributed by atoms with Gasteiger partial charge in [-0.25, -0.2) is 0 Å². The maximum Gasteiger partial charge on any atom is 0.187 e. The second-order valence-electron chi connectivity index (χ2n) is 13.9. The molecule has 328 valence electrons. The number of hydrogen-bond donors (Lipinski definition) is 17. The van der Waals surface area contributed by atoms with Gasteiger partial charge in [-0.15, -0.1) is 0 Å². The van der Waals surface area contributed by atoms with Crippen molar-refractivity contribution in [2.45, 2.75) is 154 Å². The predicted molar refractivity (Wildman–Crippen MR) is 173 cm³/mol. The Bertz CT molecular complexity index is 1200. The van der Waals surface area contributed by atoms with Gasteiger partial charge in [0.1, 0.15) is 116 Å². The van der Waals surface area contributed by atoms with E-state index in [1.165, 1.54) is 0 Å². The van der Waals surface area contributed by atoms with Crippen molar-refractivity contribution in [2.75, 3.05) is 32.2 Å². The van der Waals surface area contributed by atoms with Gasteiger partial charge in [0.25, 0.3) is 0 Å². The van der Waals surface area contributed by atoms with Gasteiger partial charge >= 0.3 is 0 Å². The fraction of sp³-hybridized carbons (Fsp3) is 1.00. The van der Waals surface area contributed by atoms with E-state index in [9.17, 15) is 81.7 Å². The Morgan fingerprint density at radius 3 is 0.893 bits per heavy atom. The summed E-state index contributed by atoms with van der Waals surface area (Å²) >= 11 is 4.01. The average Bonchev–Trinajstić information content (AvgIpc) is 3.19. The molecule has 0 spiro atoms. The summed E-state index contributed by atoms with van der Waals surface area (Å²) in [4.78, 5) is 0. The minimum absolute atomic E-state index is 0.116. The summed E-state index contributed by atoms with van der Waals surface area (Å²) < 4.78 is 49.4.